The van der Waals surface area contributed by atoms with Crippen LogP contribution in [-0.4, -0.2) is 130 Å². The maximum atomic E-state index is 14.7. The third-order valence-corrected chi connectivity index (χ3v) is 23.2. The molecule has 4 aromatic carbocycles. The second kappa shape index (κ2) is 28.0. The molecule has 2 heterocycles. The van der Waals surface area contributed by atoms with Gasteiger partial charge in [0.05, 0.1) is 25.9 Å². The summed E-state index contributed by atoms with van der Waals surface area (Å²) in [6.45, 7) is 14.5. The predicted octanol–water partition coefficient (Wildman–Crippen LogP) is 11.7. The molecule has 3 saturated carbocycles. The van der Waals surface area contributed by atoms with E-state index in [1.54, 1.807) is 6.92 Å². The number of hydrogen-bond donors (Lipinski definition) is 0. The molecule has 0 bridgehead atoms. The fourth-order valence-electron chi connectivity index (χ4n) is 16.1. The van der Waals surface area contributed by atoms with Gasteiger partial charge in [-0.2, -0.15) is 0 Å². The van der Waals surface area contributed by atoms with Gasteiger partial charge >= 0.3 is 0 Å². The van der Waals surface area contributed by atoms with Crippen LogP contribution in [-0.2, 0) is 54.3 Å². The van der Waals surface area contributed by atoms with E-state index in [-0.39, 0.29) is 77.8 Å². The fraction of sp³-hybridized carbons (Fsp3) is 0.556. The summed E-state index contributed by atoms with van der Waals surface area (Å²) >= 11 is 0. The first-order valence-corrected chi connectivity index (χ1v) is 45.5. The molecular weight excluding hydrogens is 1470 g/mol. The first-order chi connectivity index (χ1) is 48.0. The summed E-state index contributed by atoms with van der Waals surface area (Å²) in [5.41, 5.74) is -1.98. The Balaban J connectivity index is 0.838. The standard InChI is InChI=1S/C72H102O28S5/c1-43(2)18-16-19-45(4)53-25-26-54-52-24-23-49-40-50(28-30-71(49,6)55(52)29-31-72(53,54)7)90-32-14-13-15-33-91-58-39-48(22-27-56(58)97-102(9,78,79)80)68-69(99-104(11,84,85)86)65(73)63-59(36-44(3)37-61(63)94-68)92-34-17-35-93-60-41-51(96-101(8,75,76)77)42-62-64(60)66(74)70(100-105(12,87,88)89)67(95-62)47-21-20-46(5)57(38-47)98-103(10,81,82)83/h20-23,27,36-39,41-43,45,50,52-55H,13-19,24-26,28-35,40H2,1-12H3,(H2,75,76,77)(H2,78,79,80)(H2,81,82,83)(H2,84,85,86)(H2,87,88,89)/p-10/t45-,50?,52+,53-,54+,55+,71+,72-/m1/s1. The van der Waals surface area contributed by atoms with Crippen molar-refractivity contribution in [2.24, 2.45) is 46.3 Å². The van der Waals surface area contributed by atoms with Crippen LogP contribution in [0.4, 0.5) is 0 Å². The zero-order chi connectivity index (χ0) is 77.4. The van der Waals surface area contributed by atoms with Crippen LogP contribution >= 0.6 is 0 Å². The smallest absolute Gasteiger partial charge is 0.240 e. The van der Waals surface area contributed by atoms with E-state index < -0.39 is 142 Å². The van der Waals surface area contributed by atoms with Gasteiger partial charge in [-0.3, -0.25) is 30.6 Å². The zero-order valence-electron chi connectivity index (χ0n) is 60.8. The number of aryl methyl sites for hydroxylation is 2. The number of fused-ring (bicyclic) bond motifs is 7. The zero-order valence-corrected chi connectivity index (χ0v) is 64.9. The lowest BCUT2D eigenvalue weighted by Gasteiger charge is -2.58. The van der Waals surface area contributed by atoms with Crippen molar-refractivity contribution < 1.29 is 115 Å². The van der Waals surface area contributed by atoms with Gasteiger partial charge in [-0.05, 0) is 210 Å². The molecule has 8 atom stereocenters. The summed E-state index contributed by atoms with van der Waals surface area (Å²) in [6.07, 6.45) is 18.2. The maximum absolute atomic E-state index is 14.7. The molecule has 0 N–H and O–H groups in total. The van der Waals surface area contributed by atoms with Gasteiger partial charge in [-0.25, -0.2) is 0 Å². The van der Waals surface area contributed by atoms with Crippen molar-refractivity contribution in [2.45, 2.75) is 151 Å². The molecule has 6 aromatic rings. The third kappa shape index (κ3) is 20.8. The molecule has 4 aliphatic rings. The van der Waals surface area contributed by atoms with Crippen molar-refractivity contribution in [1.82, 2.24) is 0 Å². The molecule has 10 rings (SSSR count). The highest BCUT2D eigenvalue weighted by atomic mass is 32.3. The molecule has 1 unspecified atom stereocenters. The number of hydrogen-bond acceptors (Lipinski definition) is 28. The summed E-state index contributed by atoms with van der Waals surface area (Å²) < 4.78 is 249. The first kappa shape index (κ1) is 81.3. The minimum absolute atomic E-state index is 0.0166. The Morgan fingerprint density at radius 2 is 1.04 bits per heavy atom. The lowest BCUT2D eigenvalue weighted by atomic mass is 9.47. The van der Waals surface area contributed by atoms with Gasteiger partial charge in [0.1, 0.15) is 44.9 Å². The first-order valence-electron chi connectivity index (χ1n) is 34.8. The van der Waals surface area contributed by atoms with Crippen LogP contribution in [0, 0.1) is 60.2 Å². The van der Waals surface area contributed by atoms with Gasteiger partial charge in [0.2, 0.25) is 22.4 Å². The van der Waals surface area contributed by atoms with Crippen molar-refractivity contribution >= 4 is 71.5 Å². The van der Waals surface area contributed by atoms with Crippen molar-refractivity contribution in [2.75, 3.05) is 57.7 Å². The highest BCUT2D eigenvalue weighted by Crippen LogP contribution is 2.67. The Morgan fingerprint density at radius 1 is 0.514 bits per heavy atom. The van der Waals surface area contributed by atoms with Crippen molar-refractivity contribution in [3.63, 3.8) is 0 Å². The normalized spacial score (nSPS) is 23.7. The number of benzene rings is 4. The Morgan fingerprint density at radius 3 is 1.62 bits per heavy atom. The van der Waals surface area contributed by atoms with E-state index in [0.29, 0.717) is 67.1 Å². The summed E-state index contributed by atoms with van der Waals surface area (Å²) in [6, 6.07) is 10.3. The Bertz CT molecular complexity index is 4830. The summed E-state index contributed by atoms with van der Waals surface area (Å²) in [5.74, 6) is -3.16. The molecule has 0 aliphatic heterocycles. The molecule has 28 nitrogen and oxygen atoms in total. The molecular formula is C72H92O28S5-10. The maximum Gasteiger partial charge on any atom is 0.240 e. The molecule has 0 amide bonds. The van der Waals surface area contributed by atoms with Gasteiger partial charge in [0, 0.05) is 36.3 Å². The largest absolute Gasteiger partial charge is 0.771 e. The minimum Gasteiger partial charge on any atom is -0.771 e. The summed E-state index contributed by atoms with van der Waals surface area (Å²) in [5, 5.41) is -1.25. The molecule has 0 spiro atoms. The monoisotopic (exact) mass is 1560 g/mol. The number of ether oxygens (including phenoxy) is 4. The molecule has 0 radical (unpaired) electrons. The van der Waals surface area contributed by atoms with E-state index in [1.807, 2.05) is 0 Å². The van der Waals surface area contributed by atoms with E-state index in [1.165, 1.54) is 69.6 Å². The highest BCUT2D eigenvalue weighted by molar-refractivity contribution is 8.06. The van der Waals surface area contributed by atoms with Crippen molar-refractivity contribution in [3.05, 3.63) is 104 Å². The molecule has 0 saturated heterocycles. The van der Waals surface area contributed by atoms with Gasteiger partial charge in [0.15, 0.2) is 23.0 Å². The van der Waals surface area contributed by atoms with Gasteiger partial charge < -0.3 is 94.2 Å². The predicted molar refractivity (Wildman–Crippen MR) is 384 cm³/mol. The second-order valence-electron chi connectivity index (χ2n) is 30.5. The van der Waals surface area contributed by atoms with E-state index in [0.717, 1.165) is 85.8 Å². The topological polar surface area (TPSA) is 459 Å². The lowest BCUT2D eigenvalue weighted by Crippen LogP contribution is -2.51. The quantitative estimate of drug-likeness (QED) is 0.0288. The summed E-state index contributed by atoms with van der Waals surface area (Å²) in [7, 11) is -32.3. The molecule has 4 aliphatic carbocycles. The fourth-order valence-corrected chi connectivity index (χ4v) is 18.8. The van der Waals surface area contributed by atoms with Crippen LogP contribution in [0.2, 0.25) is 0 Å². The molecule has 105 heavy (non-hydrogen) atoms. The molecule has 33 heteroatoms. The Kier molecular flexibility index (Phi) is 21.7. The average molecular weight is 1570 g/mol. The highest BCUT2D eigenvalue weighted by Gasteiger charge is 2.59. The minimum atomic E-state index is -6.72. The lowest BCUT2D eigenvalue weighted by molar-refractivity contribution is -0.0641. The molecule has 3 fully saturated rings. The number of allylic oxidation sites excluding steroid dienone is 1. The molecule has 588 valence electrons. The summed E-state index contributed by atoms with van der Waals surface area (Å²) in [4.78, 5) is 29.2. The third-order valence-electron chi connectivity index (χ3n) is 20.4. The van der Waals surface area contributed by atoms with E-state index >= 15 is 0 Å². The van der Waals surface area contributed by atoms with Crippen molar-refractivity contribution in [3.8, 4) is 68.6 Å². The van der Waals surface area contributed by atoms with Crippen LogP contribution < -0.4 is 46.0 Å². The van der Waals surface area contributed by atoms with Crippen molar-refractivity contribution in [1.29, 1.82) is 0 Å². The second-order valence-corrected chi connectivity index (χ2v) is 42.1. The number of rotatable bonds is 31. The number of unbranched alkanes of at least 4 members (excludes halogenated alkanes) is 2. The van der Waals surface area contributed by atoms with Crippen LogP contribution in [0.5, 0.6) is 46.0 Å². The van der Waals surface area contributed by atoms with E-state index in [9.17, 15) is 76.2 Å². The van der Waals surface area contributed by atoms with Crippen LogP contribution in [0.1, 0.15) is 142 Å². The molecule has 2 aromatic heterocycles. The van der Waals surface area contributed by atoms with E-state index in [2.05, 4.69) is 44.9 Å². The Hall–Kier alpha value is -6.25. The van der Waals surface area contributed by atoms with Gasteiger partial charge in [0.25, 0.3) is 0 Å². The van der Waals surface area contributed by atoms with Gasteiger partial charge in [-0.1, -0.05) is 127 Å². The average Bonchev–Trinajstić information content (AvgIpc) is 1.72. The van der Waals surface area contributed by atoms with E-state index in [4.69, 9.17) is 44.5 Å². The Labute approximate surface area is 610 Å². The van der Waals surface area contributed by atoms with Gasteiger partial charge in [-0.15, -0.1) is 0 Å². The van der Waals surface area contributed by atoms with Crippen LogP contribution in [0.25, 0.3) is 44.6 Å². The SMILES string of the molecule is Cc1cc(OCCCOc2cc(OS(C)(=O)([O-])[O-])cc3oc(-c4ccc(C)c(OS(C)(=O)([O-])[O-])c4)c(OS(C)(=O)([O-])[O-])c(=O)c23)c2c(=O)c(OS(C)(=O)([O-])[O-])c(-c3ccc(OS(C)(=O)([O-])[O-])c(OCCCCCOC4CC[C@@]5(C)C(=CC[C@H]6[C@@H]7CC[C@H]([C@H](C)CCCC(C)C)[C@@]7(C)CC[C@@H]65)C4)c3)oc2c1. The van der Waals surface area contributed by atoms with Crippen LogP contribution in [0.3, 0.4) is 0 Å². The van der Waals surface area contributed by atoms with Crippen LogP contribution in [0.15, 0.2) is 90.7 Å².